The molecular weight excluding hydrogens is 653 g/mol. The zero-order chi connectivity index (χ0) is 33.4. The molecule has 0 heterocycles. The van der Waals surface area contributed by atoms with Crippen molar-refractivity contribution in [2.45, 2.75) is 69.0 Å². The van der Waals surface area contributed by atoms with Crippen LogP contribution in [0.2, 0.25) is 10.0 Å². The summed E-state index contributed by atoms with van der Waals surface area (Å²) in [6, 6.07) is 28.6. The van der Waals surface area contributed by atoms with Gasteiger partial charge in [-0.2, -0.15) is 0 Å². The molecule has 1 aliphatic rings. The number of para-hydroxylation sites is 1. The number of hydrogen-bond donors (Lipinski definition) is 1. The number of carbonyl (C=O) groups is 2. The molecule has 0 aromatic heterocycles. The maximum atomic E-state index is 14.7. The van der Waals surface area contributed by atoms with Crippen molar-refractivity contribution in [1.82, 2.24) is 10.2 Å². The Labute approximate surface area is 287 Å². The number of aryl methyl sites for hydroxylation is 1. The van der Waals surface area contributed by atoms with Gasteiger partial charge in [0, 0.05) is 34.6 Å². The number of sulfonamides is 1. The van der Waals surface area contributed by atoms with Crippen LogP contribution in [0.4, 0.5) is 5.69 Å². The zero-order valence-electron chi connectivity index (χ0n) is 26.3. The van der Waals surface area contributed by atoms with E-state index in [2.05, 4.69) is 5.32 Å². The topological polar surface area (TPSA) is 86.8 Å². The third kappa shape index (κ3) is 8.55. The fourth-order valence-corrected chi connectivity index (χ4v) is 8.04. The van der Waals surface area contributed by atoms with Crippen LogP contribution in [0.15, 0.2) is 108 Å². The van der Waals surface area contributed by atoms with Crippen LogP contribution >= 0.6 is 23.2 Å². The summed E-state index contributed by atoms with van der Waals surface area (Å²) >= 11 is 13.2. The summed E-state index contributed by atoms with van der Waals surface area (Å²) in [5.41, 5.74) is 2.37. The lowest BCUT2D eigenvalue weighted by atomic mass is 9.94. The van der Waals surface area contributed by atoms with Crippen LogP contribution in [-0.2, 0) is 32.6 Å². The first kappa shape index (κ1) is 34.5. The molecule has 10 heteroatoms. The van der Waals surface area contributed by atoms with E-state index in [9.17, 15) is 18.0 Å². The summed E-state index contributed by atoms with van der Waals surface area (Å²) in [5.74, 6) is -0.867. The molecule has 4 aromatic rings. The van der Waals surface area contributed by atoms with Crippen molar-refractivity contribution < 1.29 is 18.0 Å². The number of anilines is 1. The first-order chi connectivity index (χ1) is 22.6. The highest BCUT2D eigenvalue weighted by Crippen LogP contribution is 2.30. The molecule has 1 N–H and O–H groups in total. The molecule has 1 saturated carbocycles. The van der Waals surface area contributed by atoms with Crippen LogP contribution in [-0.4, -0.2) is 43.8 Å². The second-order valence-corrected chi connectivity index (χ2v) is 14.6. The highest BCUT2D eigenvalue weighted by Gasteiger charge is 2.36. The monoisotopic (exact) mass is 691 g/mol. The summed E-state index contributed by atoms with van der Waals surface area (Å²) in [5, 5.41) is 3.89. The third-order valence-corrected chi connectivity index (χ3v) is 11.1. The molecule has 0 radical (unpaired) electrons. The Morgan fingerprint density at radius 2 is 1.40 bits per heavy atom. The molecule has 1 aliphatic carbocycles. The van der Waals surface area contributed by atoms with Crippen LogP contribution in [0.1, 0.15) is 48.8 Å². The van der Waals surface area contributed by atoms with E-state index in [4.69, 9.17) is 23.2 Å². The number of carbonyl (C=O) groups excluding carboxylic acids is 2. The molecule has 0 bridgehead atoms. The van der Waals surface area contributed by atoms with Gasteiger partial charge in [-0.1, -0.05) is 115 Å². The van der Waals surface area contributed by atoms with E-state index in [1.165, 1.54) is 17.0 Å². The Balaban J connectivity index is 1.59. The van der Waals surface area contributed by atoms with Gasteiger partial charge >= 0.3 is 0 Å². The molecule has 4 aromatic carbocycles. The van der Waals surface area contributed by atoms with Gasteiger partial charge < -0.3 is 10.2 Å². The number of amides is 2. The highest BCUT2D eigenvalue weighted by atomic mass is 35.5. The Morgan fingerprint density at radius 3 is 2.04 bits per heavy atom. The number of benzene rings is 4. The molecule has 246 valence electrons. The van der Waals surface area contributed by atoms with E-state index in [-0.39, 0.29) is 29.8 Å². The lowest BCUT2D eigenvalue weighted by Gasteiger charge is -2.35. The second-order valence-electron chi connectivity index (χ2n) is 11.9. The smallest absolute Gasteiger partial charge is 0.264 e. The number of rotatable bonds is 12. The van der Waals surface area contributed by atoms with Crippen LogP contribution < -0.4 is 9.62 Å². The van der Waals surface area contributed by atoms with E-state index < -0.39 is 28.5 Å². The quantitative estimate of drug-likeness (QED) is 0.166. The van der Waals surface area contributed by atoms with Crippen LogP contribution in [0.3, 0.4) is 0 Å². The predicted molar refractivity (Wildman–Crippen MR) is 188 cm³/mol. The van der Waals surface area contributed by atoms with Gasteiger partial charge in [0.15, 0.2) is 0 Å². The second kappa shape index (κ2) is 15.8. The molecule has 1 atom stereocenters. The van der Waals surface area contributed by atoms with Crippen molar-refractivity contribution in [2.75, 3.05) is 10.8 Å². The molecule has 5 rings (SSSR count). The average molecular weight is 693 g/mol. The van der Waals surface area contributed by atoms with Gasteiger partial charge in [-0.15, -0.1) is 0 Å². The Bertz CT molecular complexity index is 1760. The summed E-state index contributed by atoms with van der Waals surface area (Å²) in [6.45, 7) is 1.15. The number of halogens is 2. The van der Waals surface area contributed by atoms with Crippen molar-refractivity contribution in [2.24, 2.45) is 0 Å². The van der Waals surface area contributed by atoms with Crippen LogP contribution in [0.5, 0.6) is 0 Å². The zero-order valence-corrected chi connectivity index (χ0v) is 28.6. The minimum absolute atomic E-state index is 0.00250. The maximum absolute atomic E-state index is 14.7. The molecule has 0 unspecified atom stereocenters. The van der Waals surface area contributed by atoms with Gasteiger partial charge in [0.1, 0.15) is 12.6 Å². The SMILES string of the molecule is Cc1ccccc1N(CC(=O)N(Cc1c(Cl)cccc1Cl)[C@@H](Cc1ccccc1)C(=O)NC1CCCCC1)S(=O)(=O)c1ccccc1. The number of nitrogens with one attached hydrogen (secondary N) is 1. The van der Waals surface area contributed by atoms with E-state index in [0.29, 0.717) is 26.9 Å². The fraction of sp³-hybridized carbons (Fsp3) is 0.297. The van der Waals surface area contributed by atoms with E-state index in [0.717, 1.165) is 42.0 Å². The first-order valence-corrected chi connectivity index (χ1v) is 18.0. The van der Waals surface area contributed by atoms with E-state index in [1.807, 2.05) is 36.4 Å². The van der Waals surface area contributed by atoms with Crippen molar-refractivity contribution in [1.29, 1.82) is 0 Å². The molecule has 47 heavy (non-hydrogen) atoms. The third-order valence-electron chi connectivity index (χ3n) is 8.61. The Kier molecular flexibility index (Phi) is 11.6. The molecule has 1 fully saturated rings. The number of hydrogen-bond acceptors (Lipinski definition) is 4. The lowest BCUT2D eigenvalue weighted by Crippen LogP contribution is -2.55. The summed E-state index contributed by atoms with van der Waals surface area (Å²) < 4.78 is 29.5. The van der Waals surface area contributed by atoms with Crippen molar-refractivity contribution in [3.63, 3.8) is 0 Å². The van der Waals surface area contributed by atoms with Gasteiger partial charge in [0.25, 0.3) is 10.0 Å². The number of nitrogens with zero attached hydrogens (tertiary/aromatic N) is 2. The molecule has 2 amide bonds. The Morgan fingerprint density at radius 1 is 0.809 bits per heavy atom. The van der Waals surface area contributed by atoms with Gasteiger partial charge in [-0.3, -0.25) is 13.9 Å². The summed E-state index contributed by atoms with van der Waals surface area (Å²) in [6.07, 6.45) is 5.11. The van der Waals surface area contributed by atoms with Crippen molar-refractivity contribution in [3.8, 4) is 0 Å². The predicted octanol–water partition coefficient (Wildman–Crippen LogP) is 7.59. The van der Waals surface area contributed by atoms with Gasteiger partial charge in [0.2, 0.25) is 11.8 Å². The molecule has 0 aliphatic heterocycles. The minimum Gasteiger partial charge on any atom is -0.352 e. The van der Waals surface area contributed by atoms with E-state index in [1.54, 1.807) is 61.5 Å². The summed E-state index contributed by atoms with van der Waals surface area (Å²) in [7, 11) is -4.19. The molecular formula is C37H39Cl2N3O4S. The lowest BCUT2D eigenvalue weighted by molar-refractivity contribution is -0.140. The maximum Gasteiger partial charge on any atom is 0.264 e. The van der Waals surface area contributed by atoms with Crippen LogP contribution in [0, 0.1) is 6.92 Å². The molecule has 0 saturated heterocycles. The average Bonchev–Trinajstić information content (AvgIpc) is 3.08. The van der Waals surface area contributed by atoms with Gasteiger partial charge in [-0.25, -0.2) is 8.42 Å². The van der Waals surface area contributed by atoms with Crippen molar-refractivity contribution >= 4 is 50.7 Å². The largest absolute Gasteiger partial charge is 0.352 e. The van der Waals surface area contributed by atoms with Crippen molar-refractivity contribution in [3.05, 3.63) is 130 Å². The minimum atomic E-state index is -4.19. The normalized spacial score (nSPS) is 14.3. The summed E-state index contributed by atoms with van der Waals surface area (Å²) in [4.78, 5) is 30.5. The van der Waals surface area contributed by atoms with Gasteiger partial charge in [-0.05, 0) is 61.2 Å². The van der Waals surface area contributed by atoms with Gasteiger partial charge in [0.05, 0.1) is 10.6 Å². The molecule has 7 nitrogen and oxygen atoms in total. The molecule has 0 spiro atoms. The standard InChI is InChI=1S/C37H39Cl2N3O4S/c1-27-14-11-12-23-34(27)42(47(45,46)30-19-9-4-10-20-30)26-36(43)41(25-31-32(38)21-13-22-33(31)39)35(24-28-15-5-2-6-16-28)37(44)40-29-17-7-3-8-18-29/h2,4-6,9-16,19-23,29,35H,3,7-8,17-18,24-26H2,1H3,(H,40,44)/t35-/m0/s1. The van der Waals surface area contributed by atoms with E-state index >= 15 is 0 Å². The fourth-order valence-electron chi connectivity index (χ4n) is 6.03. The Hall–Kier alpha value is -3.85. The van der Waals surface area contributed by atoms with Crippen LogP contribution in [0.25, 0.3) is 0 Å². The first-order valence-electron chi connectivity index (χ1n) is 15.8. The highest BCUT2D eigenvalue weighted by molar-refractivity contribution is 7.92.